The highest BCUT2D eigenvalue weighted by Crippen LogP contribution is 2.49. The van der Waals surface area contributed by atoms with Crippen molar-refractivity contribution in [1.29, 1.82) is 0 Å². The topological polar surface area (TPSA) is 140 Å². The molecule has 3 unspecified atom stereocenters. The molecule has 141 valence electrons. The SMILES string of the molecule is CC(C)OP(=O)(O)[B]B([B]P(=O)(O)OC(C)C)[B]P(=O)(O)OC(C)C. The van der Waals surface area contributed by atoms with Crippen molar-refractivity contribution in [2.45, 2.75) is 59.9 Å². The first-order valence-corrected chi connectivity index (χ1v) is 12.6. The van der Waals surface area contributed by atoms with Crippen molar-refractivity contribution in [3.05, 3.63) is 0 Å². The number of rotatable bonds is 12. The zero-order valence-electron chi connectivity index (χ0n) is 15.2. The Bertz CT molecular complexity index is 482. The highest BCUT2D eigenvalue weighted by Gasteiger charge is 2.42. The first kappa shape index (κ1) is 25.7. The van der Waals surface area contributed by atoms with Gasteiger partial charge in [-0.25, -0.2) is 0 Å². The van der Waals surface area contributed by atoms with Crippen LogP contribution in [0.4, 0.5) is 0 Å². The summed E-state index contributed by atoms with van der Waals surface area (Å²) >= 11 is 0. The van der Waals surface area contributed by atoms with Crippen molar-refractivity contribution < 1.29 is 41.9 Å². The second-order valence-corrected chi connectivity index (χ2v) is 11.1. The molecule has 0 saturated heterocycles. The molecule has 0 rings (SSSR count). The Kier molecular flexibility index (Phi) is 10.6. The van der Waals surface area contributed by atoms with Crippen LogP contribution < -0.4 is 0 Å². The molecule has 0 aromatic rings. The van der Waals surface area contributed by atoms with Gasteiger partial charge in [0.05, 0.1) is 24.7 Å². The van der Waals surface area contributed by atoms with E-state index in [2.05, 4.69) is 0 Å². The Morgan fingerprint density at radius 3 is 1.00 bits per heavy atom. The number of hydrogen-bond donors (Lipinski definition) is 3. The molecule has 16 heteroatoms. The second-order valence-electron chi connectivity index (χ2n) is 6.18. The summed E-state index contributed by atoms with van der Waals surface area (Å²) in [5.41, 5.74) is 0. The third-order valence-electron chi connectivity index (χ3n) is 2.17. The van der Waals surface area contributed by atoms with Gasteiger partial charge >= 0.3 is 0 Å². The molecule has 3 radical (unpaired) electrons. The molecule has 3 N–H and O–H groups in total. The van der Waals surface area contributed by atoms with E-state index in [1.807, 2.05) is 0 Å². The molecule has 0 aromatic carbocycles. The fourth-order valence-corrected chi connectivity index (χ4v) is 6.03. The van der Waals surface area contributed by atoms with Crippen LogP contribution in [0, 0.1) is 0 Å². The van der Waals surface area contributed by atoms with Gasteiger partial charge in [-0.1, -0.05) is 0 Å². The Morgan fingerprint density at radius 2 is 0.840 bits per heavy atom. The second kappa shape index (κ2) is 10.3. The van der Waals surface area contributed by atoms with Crippen molar-refractivity contribution in [1.82, 2.24) is 0 Å². The highest BCUT2D eigenvalue weighted by atomic mass is 31.2. The van der Waals surface area contributed by atoms with E-state index in [9.17, 15) is 28.4 Å². The predicted octanol–water partition coefficient (Wildman–Crippen LogP) is 1.66. The Hall–Kier alpha value is 0.710. The van der Waals surface area contributed by atoms with Gasteiger partial charge in [-0.2, -0.15) is 0 Å². The molecule has 0 amide bonds. The van der Waals surface area contributed by atoms with Gasteiger partial charge in [-0.05, 0) is 41.5 Å². The van der Waals surface area contributed by atoms with E-state index >= 15 is 0 Å². The molecule has 0 heterocycles. The van der Waals surface area contributed by atoms with E-state index in [0.717, 1.165) is 0 Å². The number of hydrogen-bond acceptors (Lipinski definition) is 6. The van der Waals surface area contributed by atoms with Gasteiger partial charge < -0.3 is 28.3 Å². The molecule has 0 spiro atoms. The fourth-order valence-electron chi connectivity index (χ4n) is 1.78. The molecular weight excluding hydrogens is 388 g/mol. The van der Waals surface area contributed by atoms with Crippen LogP contribution in [0.25, 0.3) is 0 Å². The maximum Gasteiger partial charge on any atom is 0.259 e. The summed E-state index contributed by atoms with van der Waals surface area (Å²) in [6, 6.07) is 0. The van der Waals surface area contributed by atoms with Gasteiger partial charge in [0.2, 0.25) is 20.7 Å². The average Bonchev–Trinajstić information content (AvgIpc) is 2.18. The van der Waals surface area contributed by atoms with Gasteiger partial charge in [-0.3, -0.25) is 13.7 Å². The van der Waals surface area contributed by atoms with Crippen LogP contribution in [0.15, 0.2) is 0 Å². The molecule has 0 saturated carbocycles. The van der Waals surface area contributed by atoms with Crippen molar-refractivity contribution in [2.24, 2.45) is 0 Å². The molecule has 0 aliphatic rings. The lowest BCUT2D eigenvalue weighted by Gasteiger charge is -2.23. The smallest absolute Gasteiger partial charge is 0.259 e. The zero-order valence-corrected chi connectivity index (χ0v) is 17.9. The maximum absolute atomic E-state index is 12.1. The van der Waals surface area contributed by atoms with Crippen LogP contribution in [-0.4, -0.2) is 60.0 Å². The first-order valence-electron chi connectivity index (χ1n) is 7.64. The van der Waals surface area contributed by atoms with Crippen LogP contribution in [0.1, 0.15) is 41.5 Å². The molecule has 0 aromatic heterocycles. The summed E-state index contributed by atoms with van der Waals surface area (Å²) in [6.07, 6.45) is -3.26. The van der Waals surface area contributed by atoms with Crippen LogP contribution in [0.3, 0.4) is 0 Å². The Morgan fingerprint density at radius 1 is 0.640 bits per heavy atom. The first-order chi connectivity index (χ1) is 11.0. The average molecular weight is 412 g/mol. The zero-order chi connectivity index (χ0) is 20.1. The van der Waals surface area contributed by atoms with Gasteiger partial charge in [-0.15, -0.1) is 0 Å². The van der Waals surface area contributed by atoms with Crippen molar-refractivity contribution in [3.63, 3.8) is 0 Å². The van der Waals surface area contributed by atoms with Crippen LogP contribution in [-0.2, 0) is 27.3 Å². The normalized spacial score (nSPS) is 19.2. The summed E-state index contributed by atoms with van der Waals surface area (Å²) < 4.78 is 50.7. The molecular formula is C9H24B4O9P3. The molecule has 0 fully saturated rings. The predicted molar refractivity (Wildman–Crippen MR) is 101 cm³/mol. The van der Waals surface area contributed by atoms with E-state index in [0.29, 0.717) is 20.7 Å². The minimum absolute atomic E-state index is 0.603. The lowest BCUT2D eigenvalue weighted by Crippen LogP contribution is -2.39. The van der Waals surface area contributed by atoms with E-state index in [1.54, 1.807) is 0 Å². The van der Waals surface area contributed by atoms with Crippen LogP contribution in [0.5, 0.6) is 0 Å². The third-order valence-corrected chi connectivity index (χ3v) is 6.50. The minimum atomic E-state index is -4.31. The van der Waals surface area contributed by atoms with Crippen LogP contribution in [0.2, 0.25) is 0 Å². The van der Waals surface area contributed by atoms with Crippen LogP contribution >= 0.6 is 22.4 Å². The maximum atomic E-state index is 12.1. The minimum Gasteiger partial charge on any atom is -0.333 e. The fraction of sp³-hybridized carbons (Fsp3) is 1.00. The molecule has 0 aliphatic heterocycles. The van der Waals surface area contributed by atoms with E-state index in [4.69, 9.17) is 13.6 Å². The molecule has 25 heavy (non-hydrogen) atoms. The van der Waals surface area contributed by atoms with Crippen molar-refractivity contribution in [3.8, 4) is 0 Å². The summed E-state index contributed by atoms with van der Waals surface area (Å²) in [5, 5.41) is 0. The van der Waals surface area contributed by atoms with Gasteiger partial charge in [0, 0.05) is 0 Å². The molecule has 0 bridgehead atoms. The summed E-state index contributed by atoms with van der Waals surface area (Å²) in [4.78, 5) is 29.5. The largest absolute Gasteiger partial charge is 0.333 e. The lowest BCUT2D eigenvalue weighted by atomic mass is 9.06. The Labute approximate surface area is 151 Å². The summed E-state index contributed by atoms with van der Waals surface area (Å²) in [6.45, 7) is 11.2. The monoisotopic (exact) mass is 413 g/mol. The molecule has 9 nitrogen and oxygen atoms in total. The lowest BCUT2D eigenvalue weighted by molar-refractivity contribution is 0.215. The van der Waals surface area contributed by atoms with E-state index in [-0.39, 0.29) is 0 Å². The third kappa shape index (κ3) is 13.5. The van der Waals surface area contributed by atoms with E-state index in [1.165, 1.54) is 41.5 Å². The van der Waals surface area contributed by atoms with E-state index < -0.39 is 47.1 Å². The van der Waals surface area contributed by atoms with Gasteiger partial charge in [0.1, 0.15) is 0 Å². The standard InChI is InChI=1S/C9H24B4O9P3/c1-7(2)20-23(14,15)10-13(11-24(16,17)21-8(3)4)12-25(18,19)22-9(5)6/h7-9H,1-6H3,(H,14,15)(H,16,17)(H,18,19). The Balaban J connectivity index is 5.34. The summed E-state index contributed by atoms with van der Waals surface area (Å²) in [5.74, 6) is 0. The van der Waals surface area contributed by atoms with Gasteiger partial charge in [0.25, 0.3) is 22.4 Å². The highest BCUT2D eigenvalue weighted by molar-refractivity contribution is 8.15. The van der Waals surface area contributed by atoms with Crippen molar-refractivity contribution >= 4 is 49.5 Å². The summed E-state index contributed by atoms with van der Waals surface area (Å²) in [7, 11) is -12.9. The van der Waals surface area contributed by atoms with Gasteiger partial charge in [0.15, 0.2) is 0 Å². The molecule has 0 aliphatic carbocycles. The quantitative estimate of drug-likeness (QED) is 0.322. The molecule has 3 atom stereocenters. The van der Waals surface area contributed by atoms with Crippen molar-refractivity contribution in [2.75, 3.05) is 0 Å².